The van der Waals surface area contributed by atoms with Gasteiger partial charge in [0.1, 0.15) is 0 Å². The predicted molar refractivity (Wildman–Crippen MR) is 82.8 cm³/mol. The Hall–Kier alpha value is -1.79. The van der Waals surface area contributed by atoms with Crippen LogP contribution in [0.5, 0.6) is 0 Å². The lowest BCUT2D eigenvalue weighted by atomic mass is 10.2. The van der Waals surface area contributed by atoms with Gasteiger partial charge in [-0.15, -0.1) is 0 Å². The summed E-state index contributed by atoms with van der Waals surface area (Å²) in [5.74, 6) is -0.504. The molecule has 0 spiro atoms. The first kappa shape index (κ1) is 15.6. The van der Waals surface area contributed by atoms with Gasteiger partial charge in [0.25, 0.3) is 0 Å². The van der Waals surface area contributed by atoms with Crippen LogP contribution in [0.3, 0.4) is 0 Å². The Morgan fingerprint density at radius 2 is 1.86 bits per heavy atom. The van der Waals surface area contributed by atoms with Crippen molar-refractivity contribution < 1.29 is 9.53 Å². The fourth-order valence-electron chi connectivity index (χ4n) is 1.81. The predicted octanol–water partition coefficient (Wildman–Crippen LogP) is 3.27. The van der Waals surface area contributed by atoms with E-state index in [1.54, 1.807) is 6.07 Å². The van der Waals surface area contributed by atoms with Gasteiger partial charge in [0.2, 0.25) is 0 Å². The number of carbonyl (C=O) groups is 1. The van der Waals surface area contributed by atoms with Crippen LogP contribution in [0, 0.1) is 13.8 Å². The second-order valence-electron chi connectivity index (χ2n) is 4.41. The van der Waals surface area contributed by atoms with Crippen molar-refractivity contribution in [3.05, 3.63) is 40.2 Å². The minimum Gasteiger partial charge on any atom is -0.465 e. The van der Waals surface area contributed by atoms with E-state index in [0.29, 0.717) is 26.3 Å². The molecule has 110 valence electrons. The molecule has 0 aliphatic rings. The van der Waals surface area contributed by atoms with Crippen LogP contribution in [-0.4, -0.2) is 23.0 Å². The highest BCUT2D eigenvalue weighted by Gasteiger charge is 2.18. The smallest absolute Gasteiger partial charge is 0.339 e. The second-order valence-corrected chi connectivity index (χ2v) is 5.79. The number of rotatable bonds is 3. The van der Waals surface area contributed by atoms with Gasteiger partial charge < -0.3 is 10.5 Å². The average Bonchev–Trinajstić information content (AvgIpc) is 2.39. The van der Waals surface area contributed by atoms with Crippen LogP contribution in [0.25, 0.3) is 0 Å². The van der Waals surface area contributed by atoms with Crippen molar-refractivity contribution in [1.29, 1.82) is 0 Å². The zero-order valence-corrected chi connectivity index (χ0v) is 13.4. The number of hydrogen-bond donors (Lipinski definition) is 1. The van der Waals surface area contributed by atoms with Crippen molar-refractivity contribution in [2.45, 2.75) is 23.9 Å². The van der Waals surface area contributed by atoms with Crippen LogP contribution in [0.4, 0.5) is 5.69 Å². The molecular formula is C14H14ClN3O2S. The topological polar surface area (TPSA) is 78.1 Å². The Balaban J connectivity index is 2.50. The minimum absolute atomic E-state index is 0.301. The summed E-state index contributed by atoms with van der Waals surface area (Å²) in [5.41, 5.74) is 8.11. The number of ether oxygens (including phenoxy) is 1. The van der Waals surface area contributed by atoms with Gasteiger partial charge in [-0.2, -0.15) is 0 Å². The number of aryl methyl sites for hydroxylation is 2. The summed E-state index contributed by atoms with van der Waals surface area (Å²) in [4.78, 5) is 21.1. The van der Waals surface area contributed by atoms with E-state index >= 15 is 0 Å². The minimum atomic E-state index is -0.504. The first-order chi connectivity index (χ1) is 9.90. The summed E-state index contributed by atoms with van der Waals surface area (Å²) in [7, 11) is 1.31. The molecule has 7 heteroatoms. The molecule has 2 N–H and O–H groups in total. The van der Waals surface area contributed by atoms with Gasteiger partial charge in [0, 0.05) is 22.0 Å². The molecule has 0 atom stereocenters. The fraction of sp³-hybridized carbons (Fsp3) is 0.214. The zero-order chi connectivity index (χ0) is 15.6. The van der Waals surface area contributed by atoms with Crippen LogP contribution in [0.1, 0.15) is 21.7 Å². The summed E-state index contributed by atoms with van der Waals surface area (Å²) < 4.78 is 4.76. The highest BCUT2D eigenvalue weighted by Crippen LogP contribution is 2.36. The molecule has 0 bridgehead atoms. The molecule has 0 unspecified atom stereocenters. The highest BCUT2D eigenvalue weighted by molar-refractivity contribution is 7.99. The third-order valence-electron chi connectivity index (χ3n) is 2.63. The molecule has 2 rings (SSSR count). The van der Waals surface area contributed by atoms with Crippen LogP contribution in [0.2, 0.25) is 5.02 Å². The van der Waals surface area contributed by atoms with Gasteiger partial charge in [-0.1, -0.05) is 11.6 Å². The van der Waals surface area contributed by atoms with Crippen LogP contribution < -0.4 is 5.73 Å². The van der Waals surface area contributed by atoms with Crippen molar-refractivity contribution in [3.63, 3.8) is 0 Å². The number of anilines is 1. The lowest BCUT2D eigenvalue weighted by molar-refractivity contribution is 0.0597. The summed E-state index contributed by atoms with van der Waals surface area (Å²) in [6.07, 6.45) is 0. The Labute approximate surface area is 131 Å². The molecule has 1 heterocycles. The molecule has 0 saturated carbocycles. The number of carbonyl (C=O) groups excluding carboxylic acids is 1. The number of halogens is 1. The van der Waals surface area contributed by atoms with Crippen molar-refractivity contribution in [1.82, 2.24) is 9.97 Å². The largest absolute Gasteiger partial charge is 0.465 e. The first-order valence-electron chi connectivity index (χ1n) is 6.08. The standard InChI is InChI=1S/C14H14ClN3O2S/c1-7-4-8(2)18-14(17-7)21-12-10(13(19)20-3)5-9(16)6-11(12)15/h4-6H,16H2,1-3H3. The summed E-state index contributed by atoms with van der Waals surface area (Å²) >= 11 is 7.41. The SMILES string of the molecule is COC(=O)c1cc(N)cc(Cl)c1Sc1nc(C)cc(C)n1. The van der Waals surface area contributed by atoms with Gasteiger partial charge in [-0.25, -0.2) is 14.8 Å². The lowest BCUT2D eigenvalue weighted by Gasteiger charge is -2.10. The maximum Gasteiger partial charge on any atom is 0.339 e. The molecule has 0 radical (unpaired) electrons. The first-order valence-corrected chi connectivity index (χ1v) is 7.27. The highest BCUT2D eigenvalue weighted by atomic mass is 35.5. The van der Waals surface area contributed by atoms with Gasteiger partial charge in [0.05, 0.1) is 17.7 Å². The molecule has 1 aromatic carbocycles. The quantitative estimate of drug-likeness (QED) is 0.530. The Kier molecular flexibility index (Phi) is 4.69. The monoisotopic (exact) mass is 323 g/mol. The number of aromatic nitrogens is 2. The summed E-state index contributed by atoms with van der Waals surface area (Å²) in [6.45, 7) is 3.76. The molecule has 0 fully saturated rings. The van der Waals surface area contributed by atoms with Gasteiger partial charge in [-0.05, 0) is 43.8 Å². The van der Waals surface area contributed by atoms with Gasteiger partial charge in [0.15, 0.2) is 5.16 Å². The molecule has 5 nitrogen and oxygen atoms in total. The molecule has 2 aromatic rings. The normalized spacial score (nSPS) is 10.5. The van der Waals surface area contributed by atoms with Crippen molar-refractivity contribution >= 4 is 35.0 Å². The number of methoxy groups -OCH3 is 1. The van der Waals surface area contributed by atoms with E-state index in [1.165, 1.54) is 24.9 Å². The lowest BCUT2D eigenvalue weighted by Crippen LogP contribution is -2.05. The van der Waals surface area contributed by atoms with E-state index < -0.39 is 5.97 Å². The molecule has 0 aliphatic carbocycles. The number of hydrogen-bond acceptors (Lipinski definition) is 6. The Morgan fingerprint density at radius 1 is 1.24 bits per heavy atom. The average molecular weight is 324 g/mol. The van der Waals surface area contributed by atoms with Gasteiger partial charge >= 0.3 is 5.97 Å². The molecule has 1 aromatic heterocycles. The van der Waals surface area contributed by atoms with Crippen molar-refractivity contribution in [2.75, 3.05) is 12.8 Å². The van der Waals surface area contributed by atoms with Crippen LogP contribution in [-0.2, 0) is 4.74 Å². The van der Waals surface area contributed by atoms with Crippen molar-refractivity contribution in [2.24, 2.45) is 0 Å². The van der Waals surface area contributed by atoms with E-state index in [9.17, 15) is 4.79 Å². The Bertz CT molecular complexity index is 687. The van der Waals surface area contributed by atoms with Crippen molar-refractivity contribution in [3.8, 4) is 0 Å². The van der Waals surface area contributed by atoms with E-state index in [2.05, 4.69) is 9.97 Å². The third kappa shape index (κ3) is 3.65. The molecule has 0 saturated heterocycles. The number of nitrogens with zero attached hydrogens (tertiary/aromatic N) is 2. The molecule has 0 amide bonds. The van der Waals surface area contributed by atoms with E-state index in [-0.39, 0.29) is 0 Å². The maximum absolute atomic E-state index is 11.9. The summed E-state index contributed by atoms with van der Waals surface area (Å²) in [5, 5.41) is 0.882. The van der Waals surface area contributed by atoms with Crippen LogP contribution >= 0.6 is 23.4 Å². The zero-order valence-electron chi connectivity index (χ0n) is 11.8. The maximum atomic E-state index is 11.9. The molecule has 21 heavy (non-hydrogen) atoms. The number of nitrogens with two attached hydrogens (primary N) is 1. The van der Waals surface area contributed by atoms with E-state index in [1.807, 2.05) is 19.9 Å². The van der Waals surface area contributed by atoms with Crippen LogP contribution in [0.15, 0.2) is 28.3 Å². The molecule has 0 aliphatic heterocycles. The summed E-state index contributed by atoms with van der Waals surface area (Å²) in [6, 6.07) is 4.98. The van der Waals surface area contributed by atoms with E-state index in [0.717, 1.165) is 11.4 Å². The fourth-order valence-corrected chi connectivity index (χ4v) is 3.12. The number of benzene rings is 1. The second kappa shape index (κ2) is 6.32. The number of nitrogen functional groups attached to an aromatic ring is 1. The Morgan fingerprint density at radius 3 is 2.43 bits per heavy atom. The number of esters is 1. The third-order valence-corrected chi connectivity index (χ3v) is 4.05. The van der Waals surface area contributed by atoms with Gasteiger partial charge in [-0.3, -0.25) is 0 Å². The van der Waals surface area contributed by atoms with E-state index in [4.69, 9.17) is 22.1 Å². The molecular weight excluding hydrogens is 310 g/mol.